The van der Waals surface area contributed by atoms with Crippen LogP contribution < -0.4 is 5.32 Å². The van der Waals surface area contributed by atoms with Crippen molar-refractivity contribution < 1.29 is 23.9 Å². The van der Waals surface area contributed by atoms with E-state index in [1.807, 2.05) is 4.57 Å². The summed E-state index contributed by atoms with van der Waals surface area (Å²) in [7, 11) is 2.47. The number of nitrogens with one attached hydrogen (secondary N) is 1. The first-order chi connectivity index (χ1) is 13.0. The fraction of sp³-hybridized carbons (Fsp3) is 0.353. The number of amides is 1. The van der Waals surface area contributed by atoms with Crippen LogP contribution in [0.1, 0.15) is 39.6 Å². The number of nitrogens with zero attached hydrogens (tertiary/aromatic N) is 3. The summed E-state index contributed by atoms with van der Waals surface area (Å²) in [6, 6.07) is 4.64. The van der Waals surface area contributed by atoms with Crippen LogP contribution >= 0.6 is 11.8 Å². The summed E-state index contributed by atoms with van der Waals surface area (Å²) in [5.41, 5.74) is 0.571. The van der Waals surface area contributed by atoms with Gasteiger partial charge < -0.3 is 19.4 Å². The quantitative estimate of drug-likeness (QED) is 0.564. The molecule has 2 aromatic rings. The molecule has 0 aliphatic heterocycles. The van der Waals surface area contributed by atoms with Crippen molar-refractivity contribution in [3.8, 4) is 0 Å². The normalized spacial score (nSPS) is 13.1. The van der Waals surface area contributed by atoms with Crippen molar-refractivity contribution in [1.82, 2.24) is 14.8 Å². The first kappa shape index (κ1) is 18.9. The zero-order chi connectivity index (χ0) is 19.4. The van der Waals surface area contributed by atoms with E-state index in [4.69, 9.17) is 0 Å². The largest absolute Gasteiger partial charge is 0.465 e. The van der Waals surface area contributed by atoms with Crippen LogP contribution in [0.3, 0.4) is 0 Å². The molecule has 0 saturated heterocycles. The lowest BCUT2D eigenvalue weighted by molar-refractivity contribution is -0.113. The van der Waals surface area contributed by atoms with Crippen LogP contribution in [-0.4, -0.2) is 52.6 Å². The standard InChI is InChI=1S/C17H18N4O5S/c1-25-15(23)10-5-11(16(24)26-2)7-12(6-10)19-14(22)8-27-17-20-18-9-21(17)13-3-4-13/h5-7,9,13H,3-4,8H2,1-2H3,(H,19,22). The van der Waals surface area contributed by atoms with E-state index in [-0.39, 0.29) is 22.8 Å². The third kappa shape index (κ3) is 4.64. The number of aromatic nitrogens is 3. The first-order valence-electron chi connectivity index (χ1n) is 8.15. The van der Waals surface area contributed by atoms with Crippen LogP contribution in [0.5, 0.6) is 0 Å². The van der Waals surface area contributed by atoms with Gasteiger partial charge in [-0.1, -0.05) is 11.8 Å². The average Bonchev–Trinajstić information content (AvgIpc) is 3.42. The number of ether oxygens (including phenoxy) is 2. The number of anilines is 1. The van der Waals surface area contributed by atoms with E-state index < -0.39 is 11.9 Å². The molecule has 1 N–H and O–H groups in total. The van der Waals surface area contributed by atoms with Crippen molar-refractivity contribution in [2.24, 2.45) is 0 Å². The van der Waals surface area contributed by atoms with Gasteiger partial charge in [-0.3, -0.25) is 4.79 Å². The van der Waals surface area contributed by atoms with Crippen molar-refractivity contribution in [3.05, 3.63) is 35.7 Å². The Balaban J connectivity index is 1.69. The number of rotatable bonds is 7. The molecule has 1 amide bonds. The Labute approximate surface area is 159 Å². The Hall–Kier alpha value is -2.88. The molecule has 10 heteroatoms. The molecular weight excluding hydrogens is 372 g/mol. The van der Waals surface area contributed by atoms with E-state index in [2.05, 4.69) is 25.0 Å². The number of benzene rings is 1. The lowest BCUT2D eigenvalue weighted by Crippen LogP contribution is -2.16. The molecule has 0 bridgehead atoms. The summed E-state index contributed by atoms with van der Waals surface area (Å²) in [6.45, 7) is 0. The number of hydrogen-bond acceptors (Lipinski definition) is 8. The van der Waals surface area contributed by atoms with E-state index in [1.54, 1.807) is 6.33 Å². The number of thioether (sulfide) groups is 1. The van der Waals surface area contributed by atoms with Gasteiger partial charge in [-0.05, 0) is 31.0 Å². The molecule has 1 aromatic carbocycles. The number of esters is 2. The second-order valence-corrected chi connectivity index (χ2v) is 6.81. The number of carbonyl (C=O) groups is 3. The van der Waals surface area contributed by atoms with Gasteiger partial charge in [0.25, 0.3) is 0 Å². The maximum atomic E-state index is 12.3. The fourth-order valence-corrected chi connectivity index (χ4v) is 3.22. The molecule has 1 aliphatic rings. The van der Waals surface area contributed by atoms with Crippen molar-refractivity contribution in [1.29, 1.82) is 0 Å². The lowest BCUT2D eigenvalue weighted by atomic mass is 10.1. The van der Waals surface area contributed by atoms with Gasteiger partial charge in [-0.2, -0.15) is 0 Å². The summed E-state index contributed by atoms with van der Waals surface area (Å²) >= 11 is 1.27. The van der Waals surface area contributed by atoms with Crippen LogP contribution in [0.15, 0.2) is 29.7 Å². The van der Waals surface area contributed by atoms with E-state index in [9.17, 15) is 14.4 Å². The molecular formula is C17H18N4O5S. The highest BCUT2D eigenvalue weighted by Gasteiger charge is 2.26. The molecule has 0 radical (unpaired) electrons. The fourth-order valence-electron chi connectivity index (χ4n) is 2.44. The van der Waals surface area contributed by atoms with Crippen molar-refractivity contribution >= 4 is 35.3 Å². The van der Waals surface area contributed by atoms with Crippen LogP contribution in [0.4, 0.5) is 5.69 Å². The van der Waals surface area contributed by atoms with Crippen molar-refractivity contribution in [3.63, 3.8) is 0 Å². The molecule has 0 spiro atoms. The third-order valence-electron chi connectivity index (χ3n) is 3.87. The summed E-state index contributed by atoms with van der Waals surface area (Å²) in [4.78, 5) is 35.9. The summed E-state index contributed by atoms with van der Waals surface area (Å²) in [5, 5.41) is 11.3. The summed E-state index contributed by atoms with van der Waals surface area (Å²) in [5.74, 6) is -1.43. The second-order valence-electron chi connectivity index (χ2n) is 5.87. The van der Waals surface area contributed by atoms with Gasteiger partial charge in [0.05, 0.1) is 31.1 Å². The molecule has 27 heavy (non-hydrogen) atoms. The zero-order valence-corrected chi connectivity index (χ0v) is 15.6. The maximum Gasteiger partial charge on any atom is 0.337 e. The smallest absolute Gasteiger partial charge is 0.337 e. The Bertz CT molecular complexity index is 844. The Morgan fingerprint density at radius 1 is 1.15 bits per heavy atom. The van der Waals surface area contributed by atoms with E-state index in [0.717, 1.165) is 12.8 Å². The number of methoxy groups -OCH3 is 2. The number of hydrogen-bond donors (Lipinski definition) is 1. The van der Waals surface area contributed by atoms with Gasteiger partial charge in [0.15, 0.2) is 5.16 Å². The highest BCUT2D eigenvalue weighted by molar-refractivity contribution is 7.99. The van der Waals surface area contributed by atoms with Crippen LogP contribution in [-0.2, 0) is 14.3 Å². The average molecular weight is 390 g/mol. The second kappa shape index (κ2) is 8.21. The molecule has 9 nitrogen and oxygen atoms in total. The minimum absolute atomic E-state index is 0.113. The van der Waals surface area contributed by atoms with Crippen LogP contribution in [0.2, 0.25) is 0 Å². The number of carbonyl (C=O) groups excluding carboxylic acids is 3. The van der Waals surface area contributed by atoms with Gasteiger partial charge in [0.1, 0.15) is 6.33 Å². The van der Waals surface area contributed by atoms with Gasteiger partial charge in [0.2, 0.25) is 5.91 Å². The Morgan fingerprint density at radius 2 is 1.78 bits per heavy atom. The molecule has 3 rings (SSSR count). The summed E-state index contributed by atoms with van der Waals surface area (Å²) in [6.07, 6.45) is 3.85. The Kier molecular flexibility index (Phi) is 5.75. The molecule has 1 aliphatic carbocycles. The highest BCUT2D eigenvalue weighted by Crippen LogP contribution is 2.37. The van der Waals surface area contributed by atoms with Gasteiger partial charge in [0, 0.05) is 11.7 Å². The third-order valence-corrected chi connectivity index (χ3v) is 4.83. The maximum absolute atomic E-state index is 12.3. The summed E-state index contributed by atoms with van der Waals surface area (Å²) < 4.78 is 11.3. The van der Waals surface area contributed by atoms with Gasteiger partial charge in [-0.25, -0.2) is 9.59 Å². The molecule has 0 atom stereocenters. The van der Waals surface area contributed by atoms with Crippen molar-refractivity contribution in [2.45, 2.75) is 24.0 Å². The zero-order valence-electron chi connectivity index (χ0n) is 14.8. The van der Waals surface area contributed by atoms with E-state index in [1.165, 1.54) is 44.2 Å². The van der Waals surface area contributed by atoms with E-state index >= 15 is 0 Å². The van der Waals surface area contributed by atoms with E-state index in [0.29, 0.717) is 16.9 Å². The molecule has 1 aromatic heterocycles. The van der Waals surface area contributed by atoms with Gasteiger partial charge in [-0.15, -0.1) is 10.2 Å². The topological polar surface area (TPSA) is 112 Å². The minimum Gasteiger partial charge on any atom is -0.465 e. The minimum atomic E-state index is -0.622. The predicted molar refractivity (Wildman–Crippen MR) is 96.8 cm³/mol. The van der Waals surface area contributed by atoms with Crippen LogP contribution in [0, 0.1) is 0 Å². The molecule has 142 valence electrons. The monoisotopic (exact) mass is 390 g/mol. The lowest BCUT2D eigenvalue weighted by Gasteiger charge is -2.09. The first-order valence-corrected chi connectivity index (χ1v) is 9.14. The highest BCUT2D eigenvalue weighted by atomic mass is 32.2. The van der Waals surface area contributed by atoms with Crippen molar-refractivity contribution in [2.75, 3.05) is 25.3 Å². The van der Waals surface area contributed by atoms with Crippen LogP contribution in [0.25, 0.3) is 0 Å². The van der Waals surface area contributed by atoms with Gasteiger partial charge >= 0.3 is 11.9 Å². The molecule has 0 unspecified atom stereocenters. The molecule has 1 fully saturated rings. The molecule has 1 heterocycles. The Morgan fingerprint density at radius 3 is 2.33 bits per heavy atom. The SMILES string of the molecule is COC(=O)c1cc(NC(=O)CSc2nncn2C2CC2)cc(C(=O)OC)c1. The predicted octanol–water partition coefficient (Wildman–Crippen LogP) is 1.92. The molecule has 1 saturated carbocycles.